The molecule has 0 bridgehead atoms. The molecule has 0 aliphatic carbocycles. The number of ether oxygens (including phenoxy) is 1. The fourth-order valence-corrected chi connectivity index (χ4v) is 1.51. The zero-order chi connectivity index (χ0) is 13.7. The van der Waals surface area contributed by atoms with Crippen LogP contribution in [-0.4, -0.2) is 44.6 Å². The number of aromatic nitrogens is 4. The molecule has 104 valence electrons. The van der Waals surface area contributed by atoms with Gasteiger partial charge in [0.2, 0.25) is 5.82 Å². The SMILES string of the molecule is CC(C)COCC(O)Cn1nnc(-c2ccco2)n1. The van der Waals surface area contributed by atoms with Gasteiger partial charge >= 0.3 is 0 Å². The van der Waals surface area contributed by atoms with Gasteiger partial charge < -0.3 is 14.3 Å². The van der Waals surface area contributed by atoms with E-state index >= 15 is 0 Å². The molecule has 0 saturated heterocycles. The number of hydrogen-bond donors (Lipinski definition) is 1. The van der Waals surface area contributed by atoms with Crippen molar-refractivity contribution in [3.63, 3.8) is 0 Å². The molecular formula is C12H18N4O3. The van der Waals surface area contributed by atoms with Crippen molar-refractivity contribution in [2.45, 2.75) is 26.5 Å². The van der Waals surface area contributed by atoms with Gasteiger partial charge in [-0.05, 0) is 23.3 Å². The van der Waals surface area contributed by atoms with Gasteiger partial charge in [0.1, 0.15) is 0 Å². The number of aliphatic hydroxyl groups is 1. The van der Waals surface area contributed by atoms with E-state index < -0.39 is 6.10 Å². The molecular weight excluding hydrogens is 248 g/mol. The Hall–Kier alpha value is -1.73. The molecule has 7 nitrogen and oxygen atoms in total. The summed E-state index contributed by atoms with van der Waals surface area (Å²) in [5.74, 6) is 1.40. The quantitative estimate of drug-likeness (QED) is 0.803. The van der Waals surface area contributed by atoms with Crippen molar-refractivity contribution in [3.05, 3.63) is 18.4 Å². The molecule has 1 unspecified atom stereocenters. The number of rotatable bonds is 7. The number of tetrazole rings is 1. The van der Waals surface area contributed by atoms with Crippen LogP contribution in [0.5, 0.6) is 0 Å². The number of hydrogen-bond acceptors (Lipinski definition) is 6. The second-order valence-corrected chi connectivity index (χ2v) is 4.73. The lowest BCUT2D eigenvalue weighted by molar-refractivity contribution is 0.0144. The van der Waals surface area contributed by atoms with E-state index in [-0.39, 0.29) is 13.2 Å². The van der Waals surface area contributed by atoms with Gasteiger partial charge in [0.15, 0.2) is 5.76 Å². The first-order valence-electron chi connectivity index (χ1n) is 6.22. The second-order valence-electron chi connectivity index (χ2n) is 4.73. The summed E-state index contributed by atoms with van der Waals surface area (Å²) in [6.45, 7) is 5.24. The van der Waals surface area contributed by atoms with Crippen molar-refractivity contribution in [2.24, 2.45) is 5.92 Å². The van der Waals surface area contributed by atoms with Crippen LogP contribution >= 0.6 is 0 Å². The molecule has 0 spiro atoms. The molecule has 2 heterocycles. The Balaban J connectivity index is 1.83. The van der Waals surface area contributed by atoms with Crippen molar-refractivity contribution in [1.29, 1.82) is 0 Å². The Bertz CT molecular complexity index is 481. The molecule has 1 atom stereocenters. The average Bonchev–Trinajstić information content (AvgIpc) is 2.97. The molecule has 0 radical (unpaired) electrons. The molecule has 2 rings (SSSR count). The van der Waals surface area contributed by atoms with Crippen molar-refractivity contribution >= 4 is 0 Å². The lowest BCUT2D eigenvalue weighted by atomic mass is 10.2. The number of furan rings is 1. The van der Waals surface area contributed by atoms with Gasteiger partial charge in [0, 0.05) is 6.61 Å². The van der Waals surface area contributed by atoms with Crippen LogP contribution in [-0.2, 0) is 11.3 Å². The van der Waals surface area contributed by atoms with Crippen LogP contribution in [0.2, 0.25) is 0 Å². The summed E-state index contributed by atoms with van der Waals surface area (Å²) < 4.78 is 10.5. The summed E-state index contributed by atoms with van der Waals surface area (Å²) in [6, 6.07) is 3.51. The van der Waals surface area contributed by atoms with E-state index in [4.69, 9.17) is 9.15 Å². The highest BCUT2D eigenvalue weighted by Crippen LogP contribution is 2.12. The Kier molecular flexibility index (Phi) is 4.64. The van der Waals surface area contributed by atoms with Crippen LogP contribution in [0, 0.1) is 5.92 Å². The van der Waals surface area contributed by atoms with Crippen molar-refractivity contribution < 1.29 is 14.3 Å². The minimum atomic E-state index is -0.655. The maximum absolute atomic E-state index is 9.78. The van der Waals surface area contributed by atoms with Crippen molar-refractivity contribution in [2.75, 3.05) is 13.2 Å². The highest BCUT2D eigenvalue weighted by Gasteiger charge is 2.12. The minimum absolute atomic E-state index is 0.242. The summed E-state index contributed by atoms with van der Waals surface area (Å²) in [4.78, 5) is 1.33. The highest BCUT2D eigenvalue weighted by atomic mass is 16.5. The first kappa shape index (κ1) is 13.7. The summed E-state index contributed by atoms with van der Waals surface area (Å²) in [6.07, 6.45) is 0.891. The predicted octanol–water partition coefficient (Wildman–Crippen LogP) is 0.967. The minimum Gasteiger partial charge on any atom is -0.461 e. The fraction of sp³-hybridized carbons (Fsp3) is 0.583. The molecule has 0 aromatic carbocycles. The van der Waals surface area contributed by atoms with Crippen LogP contribution in [0.1, 0.15) is 13.8 Å². The zero-order valence-corrected chi connectivity index (χ0v) is 11.1. The third-order valence-electron chi connectivity index (χ3n) is 2.33. The molecule has 0 saturated carbocycles. The summed E-state index contributed by atoms with van der Waals surface area (Å²) in [5, 5.41) is 21.6. The predicted molar refractivity (Wildman–Crippen MR) is 67.2 cm³/mol. The van der Waals surface area contributed by atoms with E-state index in [0.717, 1.165) is 0 Å². The van der Waals surface area contributed by atoms with Crippen molar-refractivity contribution in [3.8, 4) is 11.6 Å². The fourth-order valence-electron chi connectivity index (χ4n) is 1.51. The zero-order valence-electron chi connectivity index (χ0n) is 11.1. The van der Waals surface area contributed by atoms with E-state index in [0.29, 0.717) is 24.1 Å². The Morgan fingerprint density at radius 1 is 1.42 bits per heavy atom. The maximum Gasteiger partial charge on any atom is 0.240 e. The standard InChI is InChI=1S/C12H18N4O3/c1-9(2)7-18-8-10(17)6-16-14-12(13-15-16)11-4-3-5-19-11/h3-5,9-10,17H,6-8H2,1-2H3. The van der Waals surface area contributed by atoms with Gasteiger partial charge in [-0.15, -0.1) is 10.2 Å². The van der Waals surface area contributed by atoms with Crippen LogP contribution in [0.3, 0.4) is 0 Å². The molecule has 0 aliphatic heterocycles. The summed E-state index contributed by atoms with van der Waals surface area (Å²) >= 11 is 0. The molecule has 0 aliphatic rings. The van der Waals surface area contributed by atoms with Crippen molar-refractivity contribution in [1.82, 2.24) is 20.2 Å². The molecule has 0 amide bonds. The lowest BCUT2D eigenvalue weighted by Crippen LogP contribution is -2.24. The number of aliphatic hydroxyl groups excluding tert-OH is 1. The molecule has 1 N–H and O–H groups in total. The highest BCUT2D eigenvalue weighted by molar-refractivity contribution is 5.43. The van der Waals surface area contributed by atoms with Gasteiger partial charge in [-0.2, -0.15) is 4.80 Å². The Morgan fingerprint density at radius 2 is 2.26 bits per heavy atom. The van der Waals surface area contributed by atoms with Crippen LogP contribution in [0.15, 0.2) is 22.8 Å². The second kappa shape index (κ2) is 6.44. The Labute approximate surface area is 111 Å². The molecule has 2 aromatic heterocycles. The van der Waals surface area contributed by atoms with Gasteiger partial charge in [-0.25, -0.2) is 0 Å². The molecule has 7 heteroatoms. The van der Waals surface area contributed by atoms with E-state index in [2.05, 4.69) is 29.3 Å². The third kappa shape index (κ3) is 4.15. The largest absolute Gasteiger partial charge is 0.461 e. The Morgan fingerprint density at radius 3 is 2.95 bits per heavy atom. The van der Waals surface area contributed by atoms with Gasteiger partial charge in [0.05, 0.1) is 25.5 Å². The molecule has 2 aromatic rings. The van der Waals surface area contributed by atoms with Crippen LogP contribution < -0.4 is 0 Å². The normalized spacial score (nSPS) is 13.1. The first-order chi connectivity index (χ1) is 9.15. The first-order valence-corrected chi connectivity index (χ1v) is 6.22. The van der Waals surface area contributed by atoms with Gasteiger partial charge in [0.25, 0.3) is 0 Å². The monoisotopic (exact) mass is 266 g/mol. The molecule has 0 fully saturated rings. The van der Waals surface area contributed by atoms with Gasteiger partial charge in [-0.1, -0.05) is 13.8 Å². The van der Waals surface area contributed by atoms with E-state index in [1.807, 2.05) is 0 Å². The van der Waals surface area contributed by atoms with Crippen LogP contribution in [0.4, 0.5) is 0 Å². The van der Waals surface area contributed by atoms with E-state index in [9.17, 15) is 5.11 Å². The van der Waals surface area contributed by atoms with E-state index in [1.165, 1.54) is 4.80 Å². The average molecular weight is 266 g/mol. The number of nitrogens with zero attached hydrogens (tertiary/aromatic N) is 4. The van der Waals surface area contributed by atoms with Crippen LogP contribution in [0.25, 0.3) is 11.6 Å². The van der Waals surface area contributed by atoms with E-state index in [1.54, 1.807) is 18.4 Å². The lowest BCUT2D eigenvalue weighted by Gasteiger charge is -2.11. The maximum atomic E-state index is 9.78. The summed E-state index contributed by atoms with van der Waals surface area (Å²) in [5.41, 5.74) is 0. The summed E-state index contributed by atoms with van der Waals surface area (Å²) in [7, 11) is 0. The molecule has 19 heavy (non-hydrogen) atoms. The third-order valence-corrected chi connectivity index (χ3v) is 2.33. The topological polar surface area (TPSA) is 86.2 Å². The smallest absolute Gasteiger partial charge is 0.240 e. The van der Waals surface area contributed by atoms with Gasteiger partial charge in [-0.3, -0.25) is 0 Å².